The van der Waals surface area contributed by atoms with Crippen LogP contribution >= 0.6 is 11.8 Å². The number of rotatable bonds is 10. The molecule has 0 atom stereocenters. The summed E-state index contributed by atoms with van der Waals surface area (Å²) in [5, 5.41) is 1.93. The molecule has 198 valence electrons. The molecule has 39 heavy (non-hydrogen) atoms. The highest BCUT2D eigenvalue weighted by Crippen LogP contribution is 2.35. The number of carbonyl (C=O) groups excluding carboxylic acids is 2. The molecule has 0 bridgehead atoms. The summed E-state index contributed by atoms with van der Waals surface area (Å²) in [6.45, 7) is 0.631. The normalized spacial score (nSPS) is 14.2. The monoisotopic (exact) mass is 541 g/mol. The van der Waals surface area contributed by atoms with E-state index >= 15 is 0 Å². The molecule has 5 rings (SSSR count). The van der Waals surface area contributed by atoms with Gasteiger partial charge >= 0.3 is 0 Å². The lowest BCUT2D eigenvalue weighted by Gasteiger charge is -2.14. The molecule has 0 aromatic heterocycles. The molecule has 2 amide bonds. The molecule has 0 unspecified atom stereocenters. The van der Waals surface area contributed by atoms with Gasteiger partial charge in [0.05, 0.1) is 25.7 Å². The maximum absolute atomic E-state index is 13.0. The van der Waals surface area contributed by atoms with Gasteiger partial charge in [0.25, 0.3) is 11.1 Å². The molecule has 1 aliphatic rings. The average molecular weight is 542 g/mol. The highest BCUT2D eigenvalue weighted by molar-refractivity contribution is 8.18. The van der Waals surface area contributed by atoms with E-state index in [1.807, 2.05) is 48.5 Å². The minimum absolute atomic E-state index is 0.127. The second kappa shape index (κ2) is 12.0. The summed E-state index contributed by atoms with van der Waals surface area (Å²) < 4.78 is 22.7. The molecule has 7 nitrogen and oxygen atoms in total. The van der Waals surface area contributed by atoms with Gasteiger partial charge in [0.2, 0.25) is 0 Å². The SMILES string of the molecule is COc1ccccc1OCCN1C(=O)S/C(=C\c2ccc(OC)c(OCc3cccc4ccccc34)c2)C1=O. The first-order valence-electron chi connectivity index (χ1n) is 12.4. The van der Waals surface area contributed by atoms with Crippen LogP contribution in [0, 0.1) is 0 Å². The van der Waals surface area contributed by atoms with Crippen molar-refractivity contribution < 1.29 is 28.5 Å². The fraction of sp³-hybridized carbons (Fsp3) is 0.161. The van der Waals surface area contributed by atoms with Crippen molar-refractivity contribution in [1.29, 1.82) is 0 Å². The van der Waals surface area contributed by atoms with E-state index in [0.29, 0.717) is 34.5 Å². The molecule has 0 N–H and O–H groups in total. The van der Waals surface area contributed by atoms with Gasteiger partial charge in [-0.1, -0.05) is 60.7 Å². The van der Waals surface area contributed by atoms with E-state index in [0.717, 1.165) is 33.7 Å². The molecule has 0 saturated carbocycles. The molecule has 4 aromatic rings. The number of thioether (sulfide) groups is 1. The van der Waals surface area contributed by atoms with Crippen LogP contribution in [0.1, 0.15) is 11.1 Å². The Morgan fingerprint density at radius 3 is 2.31 bits per heavy atom. The van der Waals surface area contributed by atoms with Crippen LogP contribution in [0.2, 0.25) is 0 Å². The van der Waals surface area contributed by atoms with Gasteiger partial charge < -0.3 is 18.9 Å². The van der Waals surface area contributed by atoms with E-state index in [1.165, 1.54) is 4.90 Å². The Bertz CT molecular complexity index is 1540. The van der Waals surface area contributed by atoms with Crippen molar-refractivity contribution in [2.24, 2.45) is 0 Å². The van der Waals surface area contributed by atoms with Crippen LogP contribution in [-0.2, 0) is 11.4 Å². The molecule has 4 aromatic carbocycles. The standard InChI is InChI=1S/C31H27NO6S/c1-35-25-12-5-6-13-27(25)37-17-16-32-30(33)29(39-31(32)34)19-21-14-15-26(36-2)28(18-21)38-20-23-10-7-9-22-8-3-4-11-24(22)23/h3-15,18-19H,16-17,20H2,1-2H3/b29-19-. The molecular weight excluding hydrogens is 514 g/mol. The number of para-hydroxylation sites is 2. The smallest absolute Gasteiger partial charge is 0.293 e. The number of fused-ring (bicyclic) bond motifs is 1. The van der Waals surface area contributed by atoms with E-state index in [9.17, 15) is 9.59 Å². The summed E-state index contributed by atoms with van der Waals surface area (Å²) >= 11 is 0.904. The van der Waals surface area contributed by atoms with Crippen LogP contribution < -0.4 is 18.9 Å². The number of nitrogens with zero attached hydrogens (tertiary/aromatic N) is 1. The van der Waals surface area contributed by atoms with Crippen LogP contribution in [0.15, 0.2) is 89.8 Å². The van der Waals surface area contributed by atoms with Crippen LogP contribution in [0.5, 0.6) is 23.0 Å². The Balaban J connectivity index is 1.28. The Morgan fingerprint density at radius 2 is 1.49 bits per heavy atom. The summed E-state index contributed by atoms with van der Waals surface area (Å²) in [7, 11) is 3.14. The van der Waals surface area contributed by atoms with Gasteiger partial charge in [-0.3, -0.25) is 14.5 Å². The van der Waals surface area contributed by atoms with Crippen molar-refractivity contribution in [3.05, 3.63) is 101 Å². The lowest BCUT2D eigenvalue weighted by molar-refractivity contribution is -0.123. The third-order valence-corrected chi connectivity index (χ3v) is 7.17. The largest absolute Gasteiger partial charge is 0.493 e. The first kappa shape index (κ1) is 26.2. The van der Waals surface area contributed by atoms with Gasteiger partial charge in [0.15, 0.2) is 23.0 Å². The zero-order valence-electron chi connectivity index (χ0n) is 21.6. The molecule has 0 spiro atoms. The number of benzene rings is 4. The van der Waals surface area contributed by atoms with Crippen molar-refractivity contribution in [1.82, 2.24) is 4.90 Å². The molecule has 1 heterocycles. The van der Waals surface area contributed by atoms with Crippen LogP contribution in [0.3, 0.4) is 0 Å². The maximum Gasteiger partial charge on any atom is 0.293 e. The second-order valence-electron chi connectivity index (χ2n) is 8.67. The van der Waals surface area contributed by atoms with Crippen LogP contribution in [0.4, 0.5) is 4.79 Å². The summed E-state index contributed by atoms with van der Waals surface area (Å²) in [4.78, 5) is 27.1. The molecule has 8 heteroatoms. The third-order valence-electron chi connectivity index (χ3n) is 6.26. The first-order valence-corrected chi connectivity index (χ1v) is 13.2. The lowest BCUT2D eigenvalue weighted by atomic mass is 10.1. The molecule has 1 fully saturated rings. The van der Waals surface area contributed by atoms with Crippen molar-refractivity contribution in [2.45, 2.75) is 6.61 Å². The Labute approximate surface area is 230 Å². The molecule has 0 aliphatic carbocycles. The third kappa shape index (κ3) is 5.86. The predicted molar refractivity (Wildman–Crippen MR) is 152 cm³/mol. The first-order chi connectivity index (χ1) is 19.1. The summed E-state index contributed by atoms with van der Waals surface area (Å²) in [5.41, 5.74) is 1.77. The maximum atomic E-state index is 13.0. The van der Waals surface area contributed by atoms with Gasteiger partial charge in [-0.05, 0) is 64.0 Å². The summed E-state index contributed by atoms with van der Waals surface area (Å²) in [5.74, 6) is 1.90. The van der Waals surface area contributed by atoms with Crippen molar-refractivity contribution in [3.8, 4) is 23.0 Å². The molecule has 0 radical (unpaired) electrons. The van der Waals surface area contributed by atoms with E-state index in [1.54, 1.807) is 38.5 Å². The number of hydrogen-bond acceptors (Lipinski definition) is 7. The highest BCUT2D eigenvalue weighted by Gasteiger charge is 2.34. The van der Waals surface area contributed by atoms with E-state index in [-0.39, 0.29) is 24.3 Å². The summed E-state index contributed by atoms with van der Waals surface area (Å²) in [6, 6.07) is 26.9. The van der Waals surface area contributed by atoms with E-state index in [2.05, 4.69) is 18.2 Å². The molecule has 1 aliphatic heterocycles. The molecular formula is C31H27NO6S. The lowest BCUT2D eigenvalue weighted by Crippen LogP contribution is -2.32. The average Bonchev–Trinajstić information content (AvgIpc) is 3.23. The van der Waals surface area contributed by atoms with E-state index in [4.69, 9.17) is 18.9 Å². The number of amides is 2. The summed E-state index contributed by atoms with van der Waals surface area (Å²) in [6.07, 6.45) is 1.69. The Kier molecular flexibility index (Phi) is 8.03. The van der Waals surface area contributed by atoms with Gasteiger partial charge in [-0.25, -0.2) is 0 Å². The van der Waals surface area contributed by atoms with Crippen molar-refractivity contribution in [2.75, 3.05) is 27.4 Å². The van der Waals surface area contributed by atoms with Gasteiger partial charge in [0.1, 0.15) is 13.2 Å². The van der Waals surface area contributed by atoms with E-state index < -0.39 is 0 Å². The quantitative estimate of drug-likeness (QED) is 0.211. The number of hydrogen-bond donors (Lipinski definition) is 0. The highest BCUT2D eigenvalue weighted by atomic mass is 32.2. The minimum atomic E-state index is -0.359. The zero-order valence-corrected chi connectivity index (χ0v) is 22.4. The number of imide groups is 1. The fourth-order valence-electron chi connectivity index (χ4n) is 4.30. The fourth-order valence-corrected chi connectivity index (χ4v) is 5.16. The zero-order chi connectivity index (χ0) is 27.2. The minimum Gasteiger partial charge on any atom is -0.493 e. The number of methoxy groups -OCH3 is 2. The number of ether oxygens (including phenoxy) is 4. The topological polar surface area (TPSA) is 74.3 Å². The molecule has 1 saturated heterocycles. The Morgan fingerprint density at radius 1 is 0.769 bits per heavy atom. The van der Waals surface area contributed by atoms with Gasteiger partial charge in [0, 0.05) is 0 Å². The Hall–Kier alpha value is -4.43. The van der Waals surface area contributed by atoms with Crippen LogP contribution in [-0.4, -0.2) is 43.4 Å². The second-order valence-corrected chi connectivity index (χ2v) is 9.66. The van der Waals surface area contributed by atoms with Gasteiger partial charge in [-0.2, -0.15) is 0 Å². The van der Waals surface area contributed by atoms with Gasteiger partial charge in [-0.15, -0.1) is 0 Å². The van der Waals surface area contributed by atoms with Crippen LogP contribution in [0.25, 0.3) is 16.8 Å². The van der Waals surface area contributed by atoms with Crippen molar-refractivity contribution >= 4 is 39.8 Å². The predicted octanol–water partition coefficient (Wildman–Crippen LogP) is 6.55. The van der Waals surface area contributed by atoms with Crippen molar-refractivity contribution in [3.63, 3.8) is 0 Å². The number of carbonyl (C=O) groups is 2.